The third kappa shape index (κ3) is 16.9. The predicted molar refractivity (Wildman–Crippen MR) is 91.5 cm³/mol. The molecule has 1 unspecified atom stereocenters. The van der Waals surface area contributed by atoms with Gasteiger partial charge in [0.25, 0.3) is 0 Å². The molecule has 2 nitrogen and oxygen atoms in total. The Morgan fingerprint density at radius 3 is 2.43 bits per heavy atom. The number of hydrogen-bond donors (Lipinski definition) is 1. The van der Waals surface area contributed by atoms with Crippen molar-refractivity contribution < 1.29 is 9.90 Å². The zero-order chi connectivity index (χ0) is 15.8. The maximum absolute atomic E-state index is 10.3. The third-order valence-corrected chi connectivity index (χ3v) is 3.71. The predicted octanol–water partition coefficient (Wildman–Crippen LogP) is 6.13. The summed E-state index contributed by atoms with van der Waals surface area (Å²) in [6.45, 7) is 4.53. The third-order valence-electron chi connectivity index (χ3n) is 3.71. The Labute approximate surface area is 131 Å². The highest BCUT2D eigenvalue weighted by molar-refractivity contribution is 5.66. The summed E-state index contributed by atoms with van der Waals surface area (Å²) in [5.41, 5.74) is 0. The van der Waals surface area contributed by atoms with Crippen LogP contribution in [0.15, 0.2) is 24.3 Å². The fourth-order valence-corrected chi connectivity index (χ4v) is 2.31. The van der Waals surface area contributed by atoms with Crippen molar-refractivity contribution in [2.24, 2.45) is 5.92 Å². The molecule has 0 bridgehead atoms. The second kappa shape index (κ2) is 15.3. The molecule has 0 fully saturated rings. The highest BCUT2D eigenvalue weighted by Crippen LogP contribution is 2.11. The second-order valence-corrected chi connectivity index (χ2v) is 5.99. The van der Waals surface area contributed by atoms with Gasteiger partial charge >= 0.3 is 5.97 Å². The highest BCUT2D eigenvalue weighted by atomic mass is 16.4. The van der Waals surface area contributed by atoms with Gasteiger partial charge in [-0.25, -0.2) is 0 Å². The Kier molecular flexibility index (Phi) is 14.6. The lowest BCUT2D eigenvalue weighted by Crippen LogP contribution is -1.93. The van der Waals surface area contributed by atoms with Gasteiger partial charge in [-0.3, -0.25) is 4.79 Å². The van der Waals surface area contributed by atoms with Gasteiger partial charge < -0.3 is 5.11 Å². The highest BCUT2D eigenvalue weighted by Gasteiger charge is 1.96. The first-order valence-electron chi connectivity index (χ1n) is 8.72. The first kappa shape index (κ1) is 19.9. The second-order valence-electron chi connectivity index (χ2n) is 5.99. The van der Waals surface area contributed by atoms with Gasteiger partial charge in [0, 0.05) is 6.42 Å². The Bertz CT molecular complexity index is 292. The van der Waals surface area contributed by atoms with Crippen LogP contribution < -0.4 is 0 Å². The molecule has 0 heterocycles. The normalized spacial score (nSPS) is 13.2. The van der Waals surface area contributed by atoms with Gasteiger partial charge in [-0.2, -0.15) is 0 Å². The van der Waals surface area contributed by atoms with E-state index in [0.29, 0.717) is 12.3 Å². The first-order valence-corrected chi connectivity index (χ1v) is 8.72. The van der Waals surface area contributed by atoms with Gasteiger partial charge in [-0.15, -0.1) is 0 Å². The standard InChI is InChI=1S/C19H34O2/c1-3-4-12-15-18(2)16-13-10-8-6-5-7-9-11-14-17-19(20)21/h8,10,13,16,18H,3-7,9,11-12,14-15,17H2,1-2H3,(H,20,21)/b10-8-,16-13+. The van der Waals surface area contributed by atoms with Gasteiger partial charge in [0.1, 0.15) is 0 Å². The molecule has 2 heteroatoms. The minimum Gasteiger partial charge on any atom is -0.481 e. The molecule has 1 atom stereocenters. The maximum atomic E-state index is 10.3. The fraction of sp³-hybridized carbons (Fsp3) is 0.737. The molecule has 0 aliphatic rings. The monoisotopic (exact) mass is 294 g/mol. The van der Waals surface area contributed by atoms with E-state index in [9.17, 15) is 4.79 Å². The minimum absolute atomic E-state index is 0.321. The van der Waals surface area contributed by atoms with Gasteiger partial charge in [-0.05, 0) is 31.6 Å². The fourth-order valence-electron chi connectivity index (χ4n) is 2.31. The molecule has 0 aliphatic heterocycles. The van der Waals surface area contributed by atoms with Gasteiger partial charge in [-0.1, -0.05) is 76.7 Å². The first-order chi connectivity index (χ1) is 10.2. The molecule has 21 heavy (non-hydrogen) atoms. The summed E-state index contributed by atoms with van der Waals surface area (Å²) in [5.74, 6) is 0.0177. The van der Waals surface area contributed by atoms with Crippen LogP contribution in [0.3, 0.4) is 0 Å². The van der Waals surface area contributed by atoms with Crippen molar-refractivity contribution in [3.63, 3.8) is 0 Å². The number of carboxylic acid groups (broad SMARTS) is 1. The maximum Gasteiger partial charge on any atom is 0.303 e. The Balaban J connectivity index is 3.37. The van der Waals surface area contributed by atoms with Crippen LogP contribution in [0.5, 0.6) is 0 Å². The molecule has 122 valence electrons. The summed E-state index contributed by atoms with van der Waals surface area (Å²) < 4.78 is 0. The summed E-state index contributed by atoms with van der Waals surface area (Å²) in [5, 5.41) is 8.52. The van der Waals surface area contributed by atoms with Crippen molar-refractivity contribution in [1.82, 2.24) is 0 Å². The Morgan fingerprint density at radius 2 is 1.71 bits per heavy atom. The molecule has 0 aromatic carbocycles. The molecular formula is C19H34O2. The molecule has 0 aromatic heterocycles. The number of aliphatic carboxylic acids is 1. The summed E-state index contributed by atoms with van der Waals surface area (Å²) in [7, 11) is 0. The molecule has 0 amide bonds. The van der Waals surface area contributed by atoms with E-state index in [1.165, 1.54) is 38.5 Å². The van der Waals surface area contributed by atoms with Crippen LogP contribution in [0.2, 0.25) is 0 Å². The minimum atomic E-state index is -0.673. The topological polar surface area (TPSA) is 37.3 Å². The van der Waals surface area contributed by atoms with Crippen molar-refractivity contribution in [3.05, 3.63) is 24.3 Å². The lowest BCUT2D eigenvalue weighted by atomic mass is 10.0. The summed E-state index contributed by atoms with van der Waals surface area (Å²) in [4.78, 5) is 10.3. The van der Waals surface area contributed by atoms with E-state index < -0.39 is 5.97 Å². The van der Waals surface area contributed by atoms with Crippen LogP contribution in [0.25, 0.3) is 0 Å². The molecule has 0 radical (unpaired) electrons. The van der Waals surface area contributed by atoms with Crippen molar-refractivity contribution >= 4 is 5.97 Å². The Morgan fingerprint density at radius 1 is 1.00 bits per heavy atom. The van der Waals surface area contributed by atoms with Crippen LogP contribution in [-0.2, 0) is 4.79 Å². The molecule has 0 saturated heterocycles. The van der Waals surface area contributed by atoms with Crippen molar-refractivity contribution in [1.29, 1.82) is 0 Å². The van der Waals surface area contributed by atoms with Crippen molar-refractivity contribution in [2.75, 3.05) is 0 Å². The van der Waals surface area contributed by atoms with Crippen LogP contribution in [0.4, 0.5) is 0 Å². The average molecular weight is 294 g/mol. The van der Waals surface area contributed by atoms with Crippen LogP contribution in [0.1, 0.15) is 84.5 Å². The van der Waals surface area contributed by atoms with E-state index in [4.69, 9.17) is 5.11 Å². The average Bonchev–Trinajstić information content (AvgIpc) is 2.44. The molecule has 0 aliphatic carbocycles. The lowest BCUT2D eigenvalue weighted by Gasteiger charge is -2.03. The largest absolute Gasteiger partial charge is 0.481 e. The van der Waals surface area contributed by atoms with Gasteiger partial charge in [0.05, 0.1) is 0 Å². The molecular weight excluding hydrogens is 260 g/mol. The van der Waals surface area contributed by atoms with Crippen LogP contribution >= 0.6 is 0 Å². The summed E-state index contributed by atoms with van der Waals surface area (Å²) >= 11 is 0. The van der Waals surface area contributed by atoms with E-state index in [2.05, 4.69) is 38.2 Å². The molecule has 0 spiro atoms. The zero-order valence-corrected chi connectivity index (χ0v) is 14.0. The van der Waals surface area contributed by atoms with E-state index in [1.54, 1.807) is 0 Å². The Hall–Kier alpha value is -1.05. The number of allylic oxidation sites excluding steroid dienone is 4. The number of unbranched alkanes of at least 4 members (excludes halogenated alkanes) is 7. The number of hydrogen-bond acceptors (Lipinski definition) is 1. The summed E-state index contributed by atoms with van der Waals surface area (Å²) in [6, 6.07) is 0. The zero-order valence-electron chi connectivity index (χ0n) is 14.0. The van der Waals surface area contributed by atoms with E-state index in [1.807, 2.05) is 0 Å². The number of carboxylic acids is 1. The van der Waals surface area contributed by atoms with Crippen LogP contribution in [0, 0.1) is 5.92 Å². The smallest absolute Gasteiger partial charge is 0.303 e. The van der Waals surface area contributed by atoms with Gasteiger partial charge in [0.2, 0.25) is 0 Å². The number of rotatable bonds is 14. The SMILES string of the molecule is CCCCCC(C)/C=C/C=C\CCCCCCCC(=O)O. The van der Waals surface area contributed by atoms with E-state index in [0.717, 1.165) is 25.7 Å². The molecule has 0 saturated carbocycles. The summed E-state index contributed by atoms with van der Waals surface area (Å²) in [6.07, 6.45) is 21.1. The van der Waals surface area contributed by atoms with Gasteiger partial charge in [0.15, 0.2) is 0 Å². The molecule has 1 N–H and O–H groups in total. The van der Waals surface area contributed by atoms with Crippen molar-refractivity contribution in [2.45, 2.75) is 84.5 Å². The van der Waals surface area contributed by atoms with Crippen molar-refractivity contribution in [3.8, 4) is 0 Å². The quantitative estimate of drug-likeness (QED) is 0.309. The molecule has 0 rings (SSSR count). The lowest BCUT2D eigenvalue weighted by molar-refractivity contribution is -0.137. The van der Waals surface area contributed by atoms with E-state index in [-0.39, 0.29) is 0 Å². The van der Waals surface area contributed by atoms with E-state index >= 15 is 0 Å². The van der Waals surface area contributed by atoms with Crippen LogP contribution in [-0.4, -0.2) is 11.1 Å². The number of carbonyl (C=O) groups is 1. The molecule has 0 aromatic rings.